The monoisotopic (exact) mass is 310 g/mol. The SMILES string of the molecule is CCOc1ccc(C(=O)NC(C)CCC(=O)O)cc1[N+](=O)[O-]. The number of carbonyl (C=O) groups is 2. The molecule has 0 aliphatic rings. The topological polar surface area (TPSA) is 119 Å². The number of carboxylic acids is 1. The summed E-state index contributed by atoms with van der Waals surface area (Å²) in [5, 5.41) is 22.2. The molecular weight excluding hydrogens is 292 g/mol. The molecule has 0 spiro atoms. The molecule has 8 heteroatoms. The number of nitro groups is 1. The van der Waals surface area contributed by atoms with Gasteiger partial charge in [0.05, 0.1) is 11.5 Å². The van der Waals surface area contributed by atoms with Gasteiger partial charge in [0.2, 0.25) is 0 Å². The Morgan fingerprint density at radius 3 is 2.68 bits per heavy atom. The van der Waals surface area contributed by atoms with E-state index in [9.17, 15) is 19.7 Å². The highest BCUT2D eigenvalue weighted by molar-refractivity contribution is 5.95. The molecule has 1 unspecified atom stereocenters. The number of nitrogens with one attached hydrogen (secondary N) is 1. The third-order valence-corrected chi connectivity index (χ3v) is 2.89. The van der Waals surface area contributed by atoms with E-state index in [4.69, 9.17) is 9.84 Å². The summed E-state index contributed by atoms with van der Waals surface area (Å²) in [4.78, 5) is 32.9. The number of hydrogen-bond donors (Lipinski definition) is 2. The van der Waals surface area contributed by atoms with Crippen LogP contribution in [-0.4, -0.2) is 34.6 Å². The second kappa shape index (κ2) is 7.96. The molecule has 1 atom stereocenters. The Morgan fingerprint density at radius 2 is 2.14 bits per heavy atom. The first-order valence-corrected chi connectivity index (χ1v) is 6.79. The maximum absolute atomic E-state index is 12.0. The number of rotatable bonds is 8. The number of nitrogens with zero attached hydrogens (tertiary/aromatic N) is 1. The third kappa shape index (κ3) is 5.04. The molecule has 0 aliphatic heterocycles. The molecule has 0 fully saturated rings. The van der Waals surface area contributed by atoms with Gasteiger partial charge in [-0.25, -0.2) is 0 Å². The minimum absolute atomic E-state index is 0.0646. The van der Waals surface area contributed by atoms with Gasteiger partial charge in [-0.3, -0.25) is 19.7 Å². The Labute approximate surface area is 127 Å². The number of amides is 1. The molecule has 1 aromatic rings. The van der Waals surface area contributed by atoms with Crippen LogP contribution in [0, 0.1) is 10.1 Å². The molecule has 0 saturated carbocycles. The van der Waals surface area contributed by atoms with Gasteiger partial charge in [-0.05, 0) is 32.4 Å². The van der Waals surface area contributed by atoms with Gasteiger partial charge < -0.3 is 15.2 Å². The van der Waals surface area contributed by atoms with E-state index in [1.807, 2.05) is 0 Å². The van der Waals surface area contributed by atoms with E-state index in [0.29, 0.717) is 0 Å². The summed E-state index contributed by atoms with van der Waals surface area (Å²) in [7, 11) is 0. The first-order valence-electron chi connectivity index (χ1n) is 6.79. The number of ether oxygens (including phenoxy) is 1. The number of benzene rings is 1. The lowest BCUT2D eigenvalue weighted by molar-refractivity contribution is -0.385. The van der Waals surface area contributed by atoms with E-state index in [0.717, 1.165) is 6.07 Å². The summed E-state index contributed by atoms with van der Waals surface area (Å²) >= 11 is 0. The highest BCUT2D eigenvalue weighted by Crippen LogP contribution is 2.28. The van der Waals surface area contributed by atoms with E-state index in [-0.39, 0.29) is 42.5 Å². The maximum Gasteiger partial charge on any atom is 0.311 e. The van der Waals surface area contributed by atoms with Crippen molar-refractivity contribution >= 4 is 17.6 Å². The van der Waals surface area contributed by atoms with Crippen molar-refractivity contribution in [2.75, 3.05) is 6.61 Å². The summed E-state index contributed by atoms with van der Waals surface area (Å²) in [6.07, 6.45) is 0.213. The van der Waals surface area contributed by atoms with Crippen LogP contribution in [0.5, 0.6) is 5.75 Å². The van der Waals surface area contributed by atoms with Crippen LogP contribution >= 0.6 is 0 Å². The smallest absolute Gasteiger partial charge is 0.311 e. The quantitative estimate of drug-likeness (QED) is 0.559. The molecular formula is C14H18N2O6. The average Bonchev–Trinajstić information content (AvgIpc) is 2.45. The molecule has 0 aromatic heterocycles. The van der Waals surface area contributed by atoms with Crippen molar-refractivity contribution in [3.05, 3.63) is 33.9 Å². The molecule has 8 nitrogen and oxygen atoms in total. The number of carbonyl (C=O) groups excluding carboxylic acids is 1. The van der Waals surface area contributed by atoms with Gasteiger partial charge in [0.15, 0.2) is 5.75 Å². The predicted molar refractivity (Wildman–Crippen MR) is 78.1 cm³/mol. The molecule has 0 aliphatic carbocycles. The Bertz CT molecular complexity index is 572. The Hall–Kier alpha value is -2.64. The summed E-state index contributed by atoms with van der Waals surface area (Å²) in [5.74, 6) is -1.34. The van der Waals surface area contributed by atoms with Gasteiger partial charge in [-0.2, -0.15) is 0 Å². The van der Waals surface area contributed by atoms with Crippen LogP contribution in [-0.2, 0) is 4.79 Å². The lowest BCUT2D eigenvalue weighted by Crippen LogP contribution is -2.32. The highest BCUT2D eigenvalue weighted by Gasteiger charge is 2.19. The van der Waals surface area contributed by atoms with E-state index in [2.05, 4.69) is 5.32 Å². The van der Waals surface area contributed by atoms with Crippen molar-refractivity contribution in [1.82, 2.24) is 5.32 Å². The molecule has 120 valence electrons. The van der Waals surface area contributed by atoms with Crippen molar-refractivity contribution in [1.29, 1.82) is 0 Å². The molecule has 1 aromatic carbocycles. The Balaban J connectivity index is 2.83. The van der Waals surface area contributed by atoms with Crippen LogP contribution in [0.3, 0.4) is 0 Å². The molecule has 1 amide bonds. The van der Waals surface area contributed by atoms with E-state index in [1.165, 1.54) is 12.1 Å². The normalized spacial score (nSPS) is 11.5. The van der Waals surface area contributed by atoms with Gasteiger partial charge in [-0.1, -0.05) is 0 Å². The van der Waals surface area contributed by atoms with Crippen molar-refractivity contribution in [2.24, 2.45) is 0 Å². The van der Waals surface area contributed by atoms with Crippen LogP contribution in [0.1, 0.15) is 37.0 Å². The van der Waals surface area contributed by atoms with Crippen LogP contribution in [0.4, 0.5) is 5.69 Å². The standard InChI is InChI=1S/C14H18N2O6/c1-3-22-12-6-5-10(8-11(12)16(20)21)14(19)15-9(2)4-7-13(17)18/h5-6,8-9H,3-4,7H2,1-2H3,(H,15,19)(H,17,18). The predicted octanol–water partition coefficient (Wildman–Crippen LogP) is 1.98. The van der Waals surface area contributed by atoms with Crippen LogP contribution in [0.15, 0.2) is 18.2 Å². The Kier molecular flexibility index (Phi) is 6.30. The second-order valence-electron chi connectivity index (χ2n) is 4.68. The first-order chi connectivity index (χ1) is 10.3. The van der Waals surface area contributed by atoms with Crippen LogP contribution in [0.25, 0.3) is 0 Å². The molecule has 0 radical (unpaired) electrons. The van der Waals surface area contributed by atoms with Gasteiger partial charge >= 0.3 is 11.7 Å². The molecule has 2 N–H and O–H groups in total. The van der Waals surface area contributed by atoms with Crippen molar-refractivity contribution in [3.8, 4) is 5.75 Å². The van der Waals surface area contributed by atoms with Crippen molar-refractivity contribution in [3.63, 3.8) is 0 Å². The summed E-state index contributed by atoms with van der Waals surface area (Å²) in [6.45, 7) is 3.65. The van der Waals surface area contributed by atoms with Gasteiger partial charge in [-0.15, -0.1) is 0 Å². The second-order valence-corrected chi connectivity index (χ2v) is 4.68. The number of nitro benzene ring substituents is 1. The minimum Gasteiger partial charge on any atom is -0.487 e. The lowest BCUT2D eigenvalue weighted by Gasteiger charge is -2.13. The third-order valence-electron chi connectivity index (χ3n) is 2.89. The molecule has 22 heavy (non-hydrogen) atoms. The zero-order chi connectivity index (χ0) is 16.7. The molecule has 0 bridgehead atoms. The van der Waals surface area contributed by atoms with Crippen molar-refractivity contribution in [2.45, 2.75) is 32.7 Å². The largest absolute Gasteiger partial charge is 0.487 e. The summed E-state index contributed by atoms with van der Waals surface area (Å²) in [6, 6.07) is 3.59. The fourth-order valence-electron chi connectivity index (χ4n) is 1.80. The Morgan fingerprint density at radius 1 is 1.45 bits per heavy atom. The highest BCUT2D eigenvalue weighted by atomic mass is 16.6. The fraction of sp³-hybridized carbons (Fsp3) is 0.429. The zero-order valence-corrected chi connectivity index (χ0v) is 12.4. The van der Waals surface area contributed by atoms with Crippen LogP contribution in [0.2, 0.25) is 0 Å². The maximum atomic E-state index is 12.0. The minimum atomic E-state index is -0.946. The van der Waals surface area contributed by atoms with Crippen molar-refractivity contribution < 1.29 is 24.4 Å². The number of hydrogen-bond acceptors (Lipinski definition) is 5. The molecule has 0 saturated heterocycles. The summed E-state index contributed by atoms with van der Waals surface area (Å²) < 4.78 is 5.14. The fourth-order valence-corrected chi connectivity index (χ4v) is 1.80. The van der Waals surface area contributed by atoms with Gasteiger partial charge in [0.1, 0.15) is 0 Å². The van der Waals surface area contributed by atoms with E-state index < -0.39 is 16.8 Å². The first kappa shape index (κ1) is 17.4. The van der Waals surface area contributed by atoms with E-state index in [1.54, 1.807) is 13.8 Å². The lowest BCUT2D eigenvalue weighted by atomic mass is 10.1. The van der Waals surface area contributed by atoms with Gasteiger partial charge in [0.25, 0.3) is 5.91 Å². The molecule has 0 heterocycles. The van der Waals surface area contributed by atoms with E-state index >= 15 is 0 Å². The molecule has 1 rings (SSSR count). The van der Waals surface area contributed by atoms with Gasteiger partial charge in [0, 0.05) is 24.1 Å². The zero-order valence-electron chi connectivity index (χ0n) is 12.4. The summed E-state index contributed by atoms with van der Waals surface area (Å²) in [5.41, 5.74) is -0.162. The van der Waals surface area contributed by atoms with Crippen LogP contribution < -0.4 is 10.1 Å². The number of aliphatic carboxylic acids is 1. The number of carboxylic acid groups (broad SMARTS) is 1. The average molecular weight is 310 g/mol.